The molecule has 0 bridgehead atoms. The monoisotopic (exact) mass is 455 g/mol. The fraction of sp³-hybridized carbons (Fsp3) is 0.556. The number of H-pyrrole nitrogens is 1. The molecule has 0 aliphatic rings. The van der Waals surface area contributed by atoms with Crippen molar-refractivity contribution in [2.24, 2.45) is 17.4 Å². The van der Waals surface area contributed by atoms with Crippen molar-refractivity contribution in [1.29, 1.82) is 0 Å². The lowest BCUT2D eigenvalue weighted by molar-refractivity contribution is -0.142. The maximum absolute atomic E-state index is 12.7. The van der Waals surface area contributed by atoms with Crippen LogP contribution < -0.4 is 27.4 Å². The number of aliphatic carboxylic acids is 1. The van der Waals surface area contributed by atoms with Gasteiger partial charge in [0.05, 0.1) is 19.4 Å². The average Bonchev–Trinajstić information content (AvgIpc) is 3.22. The number of carboxylic acid groups (broad SMARTS) is 1. The van der Waals surface area contributed by atoms with Gasteiger partial charge in [0.1, 0.15) is 24.2 Å². The number of aromatic amines is 1. The van der Waals surface area contributed by atoms with Crippen molar-refractivity contribution >= 4 is 29.6 Å². The van der Waals surface area contributed by atoms with Crippen LogP contribution in [0.3, 0.4) is 0 Å². The fourth-order valence-electron chi connectivity index (χ4n) is 2.64. The van der Waals surface area contributed by atoms with Gasteiger partial charge in [-0.1, -0.05) is 13.8 Å². The highest BCUT2D eigenvalue weighted by molar-refractivity contribution is 5.96. The first-order chi connectivity index (χ1) is 15.0. The number of carbonyl (C=O) groups excluding carboxylic acids is 4. The van der Waals surface area contributed by atoms with Crippen LogP contribution >= 0.6 is 0 Å². The fourth-order valence-corrected chi connectivity index (χ4v) is 2.64. The standard InChI is InChI=1S/C18H29N7O7/c1-8(2)14(17(30)24-12(18(31)32)3-9-5-21-7-22-9)25-16(29)11(4-13(20)27)23-15(28)10(19)6-26/h5,7-8,10-12,14,26H,3-4,6,19H2,1-2H3,(H2,20,27)(H,21,22)(H,23,28)(H,24,30)(H,25,29)(H,31,32). The number of hydrogen-bond acceptors (Lipinski definition) is 8. The van der Waals surface area contributed by atoms with Gasteiger partial charge in [0.2, 0.25) is 23.6 Å². The Balaban J connectivity index is 2.93. The molecule has 4 atom stereocenters. The zero-order valence-electron chi connectivity index (χ0n) is 17.7. The third-order valence-electron chi connectivity index (χ3n) is 4.41. The summed E-state index contributed by atoms with van der Waals surface area (Å²) in [5, 5.41) is 25.3. The Kier molecular flexibility index (Phi) is 10.2. The molecule has 0 aliphatic carbocycles. The van der Waals surface area contributed by atoms with Gasteiger partial charge in [-0.25, -0.2) is 9.78 Å². The molecule has 4 amide bonds. The van der Waals surface area contributed by atoms with Gasteiger partial charge < -0.3 is 42.6 Å². The topological polar surface area (TPSA) is 243 Å². The second-order valence-electron chi connectivity index (χ2n) is 7.43. The van der Waals surface area contributed by atoms with E-state index in [-0.39, 0.29) is 6.42 Å². The van der Waals surface area contributed by atoms with Crippen LogP contribution in [-0.4, -0.2) is 80.6 Å². The minimum atomic E-state index is -1.45. The number of nitrogens with two attached hydrogens (primary N) is 2. The minimum absolute atomic E-state index is 0.0702. The van der Waals surface area contributed by atoms with E-state index in [1.807, 2.05) is 0 Å². The van der Waals surface area contributed by atoms with E-state index in [1.54, 1.807) is 13.8 Å². The summed E-state index contributed by atoms with van der Waals surface area (Å²) in [6, 6.07) is -5.28. The molecule has 1 heterocycles. The van der Waals surface area contributed by atoms with Crippen LogP contribution in [0, 0.1) is 5.92 Å². The van der Waals surface area contributed by atoms with Gasteiger partial charge in [0.15, 0.2) is 0 Å². The third-order valence-corrected chi connectivity index (χ3v) is 4.41. The number of primary amides is 1. The molecule has 1 rings (SSSR count). The summed E-state index contributed by atoms with van der Waals surface area (Å²) in [5.41, 5.74) is 11.0. The summed E-state index contributed by atoms with van der Waals surface area (Å²) in [5.74, 6) is -5.26. The molecule has 14 heteroatoms. The molecule has 178 valence electrons. The van der Waals surface area contributed by atoms with E-state index in [9.17, 15) is 29.1 Å². The Morgan fingerprint density at radius 1 is 1.06 bits per heavy atom. The molecule has 4 unspecified atom stereocenters. The lowest BCUT2D eigenvalue weighted by atomic mass is 10.0. The number of nitrogens with zero attached hydrogens (tertiary/aromatic N) is 1. The van der Waals surface area contributed by atoms with Gasteiger partial charge in [0, 0.05) is 18.3 Å². The van der Waals surface area contributed by atoms with Crippen molar-refractivity contribution in [3.05, 3.63) is 18.2 Å². The molecule has 0 saturated carbocycles. The number of aliphatic hydroxyl groups excluding tert-OH is 1. The summed E-state index contributed by atoms with van der Waals surface area (Å²) in [6.45, 7) is 2.53. The van der Waals surface area contributed by atoms with Gasteiger partial charge in [-0.05, 0) is 5.92 Å². The second-order valence-corrected chi connectivity index (χ2v) is 7.43. The first-order valence-corrected chi connectivity index (χ1v) is 9.72. The van der Waals surface area contributed by atoms with E-state index in [0.29, 0.717) is 5.69 Å². The summed E-state index contributed by atoms with van der Waals surface area (Å²) in [7, 11) is 0. The Bertz CT molecular complexity index is 813. The number of aliphatic hydroxyl groups is 1. The molecule has 1 aromatic heterocycles. The van der Waals surface area contributed by atoms with Crippen molar-refractivity contribution in [3.8, 4) is 0 Å². The molecule has 10 N–H and O–H groups in total. The number of imidazole rings is 1. The highest BCUT2D eigenvalue weighted by Crippen LogP contribution is 2.06. The lowest BCUT2D eigenvalue weighted by Crippen LogP contribution is -2.59. The number of rotatable bonds is 13. The van der Waals surface area contributed by atoms with Crippen LogP contribution in [0.5, 0.6) is 0 Å². The minimum Gasteiger partial charge on any atom is -0.480 e. The first kappa shape index (κ1) is 26.5. The summed E-state index contributed by atoms with van der Waals surface area (Å²) >= 11 is 0. The van der Waals surface area contributed by atoms with Gasteiger partial charge >= 0.3 is 5.97 Å². The summed E-state index contributed by atoms with van der Waals surface area (Å²) in [4.78, 5) is 66.7. The smallest absolute Gasteiger partial charge is 0.326 e. The number of hydrogen-bond donors (Lipinski definition) is 8. The Morgan fingerprint density at radius 3 is 2.16 bits per heavy atom. The van der Waals surface area contributed by atoms with Crippen molar-refractivity contribution in [2.45, 2.75) is 50.9 Å². The highest BCUT2D eigenvalue weighted by atomic mass is 16.4. The molecule has 0 spiro atoms. The van der Waals surface area contributed by atoms with Gasteiger partial charge in [-0.3, -0.25) is 19.2 Å². The van der Waals surface area contributed by atoms with E-state index in [2.05, 4.69) is 25.9 Å². The highest BCUT2D eigenvalue weighted by Gasteiger charge is 2.32. The number of nitrogens with one attached hydrogen (secondary N) is 4. The molecule has 1 aromatic rings. The molecule has 32 heavy (non-hydrogen) atoms. The van der Waals surface area contributed by atoms with Crippen molar-refractivity contribution < 1.29 is 34.2 Å². The van der Waals surface area contributed by atoms with Crippen LogP contribution in [0.2, 0.25) is 0 Å². The summed E-state index contributed by atoms with van der Waals surface area (Å²) < 4.78 is 0. The maximum Gasteiger partial charge on any atom is 0.326 e. The van der Waals surface area contributed by atoms with E-state index in [0.717, 1.165) is 0 Å². The van der Waals surface area contributed by atoms with E-state index in [1.165, 1.54) is 12.5 Å². The largest absolute Gasteiger partial charge is 0.480 e. The van der Waals surface area contributed by atoms with E-state index >= 15 is 0 Å². The summed E-state index contributed by atoms with van der Waals surface area (Å²) in [6.07, 6.45) is 2.13. The Hall–Kier alpha value is -3.52. The van der Waals surface area contributed by atoms with Crippen LogP contribution in [0.25, 0.3) is 0 Å². The predicted octanol–water partition coefficient (Wildman–Crippen LogP) is -3.66. The number of carboxylic acids is 1. The lowest BCUT2D eigenvalue weighted by Gasteiger charge is -2.26. The van der Waals surface area contributed by atoms with Crippen molar-refractivity contribution in [3.63, 3.8) is 0 Å². The van der Waals surface area contributed by atoms with Gasteiger partial charge in [0.25, 0.3) is 0 Å². The Morgan fingerprint density at radius 2 is 1.69 bits per heavy atom. The number of amides is 4. The van der Waals surface area contributed by atoms with Crippen LogP contribution in [0.1, 0.15) is 26.0 Å². The first-order valence-electron chi connectivity index (χ1n) is 9.72. The molecular weight excluding hydrogens is 426 g/mol. The zero-order chi connectivity index (χ0) is 24.4. The van der Waals surface area contributed by atoms with Crippen molar-refractivity contribution in [2.75, 3.05) is 6.61 Å². The quantitative estimate of drug-likeness (QED) is 0.146. The van der Waals surface area contributed by atoms with Gasteiger partial charge in [-0.15, -0.1) is 0 Å². The molecule has 0 saturated heterocycles. The normalized spacial score (nSPS) is 14.7. The molecule has 0 aliphatic heterocycles. The molecule has 0 fully saturated rings. The zero-order valence-corrected chi connectivity index (χ0v) is 17.7. The number of aromatic nitrogens is 2. The predicted molar refractivity (Wildman–Crippen MR) is 109 cm³/mol. The molecule has 0 aromatic carbocycles. The number of carbonyl (C=O) groups is 5. The van der Waals surface area contributed by atoms with E-state index in [4.69, 9.17) is 16.6 Å². The van der Waals surface area contributed by atoms with Crippen LogP contribution in [0.4, 0.5) is 0 Å². The van der Waals surface area contributed by atoms with E-state index < -0.39 is 72.7 Å². The van der Waals surface area contributed by atoms with Crippen LogP contribution in [-0.2, 0) is 30.4 Å². The SMILES string of the molecule is CC(C)C(NC(=O)C(CC(N)=O)NC(=O)C(N)CO)C(=O)NC(Cc1cnc[nH]1)C(=O)O. The Labute approximate surface area is 183 Å². The molecular formula is C18H29N7O7. The van der Waals surface area contributed by atoms with Gasteiger partial charge in [-0.2, -0.15) is 0 Å². The molecule has 14 nitrogen and oxygen atoms in total. The van der Waals surface area contributed by atoms with Crippen molar-refractivity contribution in [1.82, 2.24) is 25.9 Å². The third kappa shape index (κ3) is 8.31. The molecule has 0 radical (unpaired) electrons. The average molecular weight is 455 g/mol. The second kappa shape index (κ2) is 12.4. The maximum atomic E-state index is 12.7. The van der Waals surface area contributed by atoms with Crippen LogP contribution in [0.15, 0.2) is 12.5 Å².